The van der Waals surface area contributed by atoms with Gasteiger partial charge in [0.25, 0.3) is 0 Å². The van der Waals surface area contributed by atoms with Gasteiger partial charge in [-0.05, 0) is 30.3 Å². The Bertz CT molecular complexity index is 664. The molecule has 0 fully saturated rings. The highest BCUT2D eigenvalue weighted by Crippen LogP contribution is 2.17. The van der Waals surface area contributed by atoms with Gasteiger partial charge in [-0.1, -0.05) is 25.7 Å². The minimum Gasteiger partial charge on any atom is -0.462 e. The number of carbonyl (C=O) groups is 1. The van der Waals surface area contributed by atoms with E-state index >= 15 is 0 Å². The molecule has 0 spiro atoms. The van der Waals surface area contributed by atoms with Crippen molar-refractivity contribution in [2.24, 2.45) is 0 Å². The van der Waals surface area contributed by atoms with Gasteiger partial charge in [-0.2, -0.15) is 0 Å². The van der Waals surface area contributed by atoms with Gasteiger partial charge in [-0.3, -0.25) is 4.98 Å². The molecular weight excluding hydrogens is 294 g/mol. The van der Waals surface area contributed by atoms with Gasteiger partial charge < -0.3 is 9.47 Å². The van der Waals surface area contributed by atoms with Gasteiger partial charge >= 0.3 is 5.97 Å². The fourth-order valence-electron chi connectivity index (χ4n) is 2.06. The van der Waals surface area contributed by atoms with Crippen molar-refractivity contribution >= 4 is 24.9 Å². The number of nitrogens with zero attached hydrogens (tertiary/aromatic N) is 1. The molecule has 0 unspecified atom stereocenters. The van der Waals surface area contributed by atoms with Crippen LogP contribution in [0.4, 0.5) is 0 Å². The molecule has 0 bridgehead atoms. The van der Waals surface area contributed by atoms with Crippen LogP contribution in [0, 0.1) is 0 Å². The van der Waals surface area contributed by atoms with Gasteiger partial charge in [-0.25, -0.2) is 4.79 Å². The van der Waals surface area contributed by atoms with Crippen molar-refractivity contribution in [3.63, 3.8) is 0 Å². The van der Waals surface area contributed by atoms with Crippen LogP contribution in [0.15, 0.2) is 30.3 Å². The van der Waals surface area contributed by atoms with Crippen LogP contribution in [0.1, 0.15) is 16.1 Å². The summed E-state index contributed by atoms with van der Waals surface area (Å²) in [5.74, 6) is -0.263. The zero-order valence-corrected chi connectivity index (χ0v) is 14.7. The Morgan fingerprint density at radius 1 is 1.18 bits per heavy atom. The second-order valence-electron chi connectivity index (χ2n) is 6.59. The second-order valence-corrected chi connectivity index (χ2v) is 12.2. The monoisotopic (exact) mass is 317 g/mol. The van der Waals surface area contributed by atoms with Crippen LogP contribution in [0.25, 0.3) is 10.9 Å². The number of methoxy groups -OCH3 is 1. The molecule has 2 rings (SSSR count). The third kappa shape index (κ3) is 4.64. The van der Waals surface area contributed by atoms with Crippen molar-refractivity contribution < 1.29 is 14.3 Å². The third-order valence-corrected chi connectivity index (χ3v) is 5.06. The SMILES string of the molecule is COCc1ccc2cc(C(=O)OCC[Si](C)(C)C)ccc2n1. The molecular formula is C17H23NO3Si. The summed E-state index contributed by atoms with van der Waals surface area (Å²) in [4.78, 5) is 16.6. The summed E-state index contributed by atoms with van der Waals surface area (Å²) < 4.78 is 10.4. The molecule has 118 valence electrons. The van der Waals surface area contributed by atoms with Crippen molar-refractivity contribution in [2.75, 3.05) is 13.7 Å². The lowest BCUT2D eigenvalue weighted by Crippen LogP contribution is -2.22. The maximum atomic E-state index is 12.1. The van der Waals surface area contributed by atoms with Crippen molar-refractivity contribution in [1.82, 2.24) is 4.98 Å². The van der Waals surface area contributed by atoms with E-state index in [-0.39, 0.29) is 5.97 Å². The summed E-state index contributed by atoms with van der Waals surface area (Å²) in [6.45, 7) is 7.77. The van der Waals surface area contributed by atoms with Crippen LogP contribution >= 0.6 is 0 Å². The predicted molar refractivity (Wildman–Crippen MR) is 90.9 cm³/mol. The largest absolute Gasteiger partial charge is 0.462 e. The number of ether oxygens (including phenoxy) is 2. The Labute approximate surface area is 132 Å². The number of rotatable bonds is 6. The molecule has 2 aromatic rings. The molecule has 0 amide bonds. The van der Waals surface area contributed by atoms with Gasteiger partial charge in [0.1, 0.15) is 0 Å². The first-order valence-corrected chi connectivity index (χ1v) is 11.2. The van der Waals surface area contributed by atoms with Gasteiger partial charge in [0, 0.05) is 20.6 Å². The first-order valence-electron chi connectivity index (χ1n) is 7.45. The molecule has 0 atom stereocenters. The highest BCUT2D eigenvalue weighted by Gasteiger charge is 2.15. The third-order valence-electron chi connectivity index (χ3n) is 3.36. The first kappa shape index (κ1) is 16.6. The fourth-order valence-corrected chi connectivity index (χ4v) is 2.77. The smallest absolute Gasteiger partial charge is 0.338 e. The number of fused-ring (bicyclic) bond motifs is 1. The standard InChI is InChI=1S/C17H23NO3Si/c1-20-12-15-7-5-13-11-14(6-8-16(13)18-15)17(19)21-9-10-22(2,3)4/h5-8,11H,9-10,12H2,1-4H3. The second kappa shape index (κ2) is 7.02. The lowest BCUT2D eigenvalue weighted by molar-refractivity contribution is 0.0525. The van der Waals surface area contributed by atoms with E-state index < -0.39 is 8.07 Å². The van der Waals surface area contributed by atoms with Gasteiger partial charge in [0.05, 0.1) is 30.0 Å². The average molecular weight is 317 g/mol. The zero-order chi connectivity index (χ0) is 16.2. The molecule has 4 nitrogen and oxygen atoms in total. The van der Waals surface area contributed by atoms with Crippen LogP contribution in [0.2, 0.25) is 25.7 Å². The Kier molecular flexibility index (Phi) is 5.31. The summed E-state index contributed by atoms with van der Waals surface area (Å²) in [5, 5.41) is 0.930. The number of hydrogen-bond acceptors (Lipinski definition) is 4. The fraction of sp³-hybridized carbons (Fsp3) is 0.412. The molecule has 0 saturated carbocycles. The number of hydrogen-bond donors (Lipinski definition) is 0. The molecule has 0 N–H and O–H groups in total. The van der Waals surface area contributed by atoms with Gasteiger partial charge in [-0.15, -0.1) is 0 Å². The van der Waals surface area contributed by atoms with Crippen LogP contribution in [-0.4, -0.2) is 32.7 Å². The Morgan fingerprint density at radius 2 is 1.95 bits per heavy atom. The lowest BCUT2D eigenvalue weighted by Gasteiger charge is -2.15. The van der Waals surface area contributed by atoms with Crippen molar-refractivity contribution in [3.8, 4) is 0 Å². The molecule has 0 aliphatic rings. The van der Waals surface area contributed by atoms with E-state index in [1.807, 2.05) is 24.3 Å². The van der Waals surface area contributed by atoms with E-state index in [0.29, 0.717) is 18.8 Å². The average Bonchev–Trinajstić information content (AvgIpc) is 2.45. The summed E-state index contributed by atoms with van der Waals surface area (Å²) in [6, 6.07) is 10.3. The first-order chi connectivity index (χ1) is 10.4. The number of esters is 1. The summed E-state index contributed by atoms with van der Waals surface area (Å²) in [5.41, 5.74) is 2.30. The quantitative estimate of drug-likeness (QED) is 0.599. The van der Waals surface area contributed by atoms with Crippen LogP contribution in [-0.2, 0) is 16.1 Å². The molecule has 0 aliphatic carbocycles. The number of carbonyl (C=O) groups excluding carboxylic acids is 1. The molecule has 0 aliphatic heterocycles. The van der Waals surface area contributed by atoms with E-state index in [0.717, 1.165) is 22.6 Å². The minimum absolute atomic E-state index is 0.263. The van der Waals surface area contributed by atoms with E-state index in [1.54, 1.807) is 13.2 Å². The number of aromatic nitrogens is 1. The summed E-state index contributed by atoms with van der Waals surface area (Å²) >= 11 is 0. The van der Waals surface area contributed by atoms with Crippen LogP contribution < -0.4 is 0 Å². The van der Waals surface area contributed by atoms with Crippen molar-refractivity contribution in [1.29, 1.82) is 0 Å². The van der Waals surface area contributed by atoms with E-state index in [4.69, 9.17) is 9.47 Å². The summed E-state index contributed by atoms with van der Waals surface area (Å²) in [6.07, 6.45) is 0. The molecule has 0 saturated heterocycles. The highest BCUT2D eigenvalue weighted by atomic mass is 28.3. The van der Waals surface area contributed by atoms with E-state index in [2.05, 4.69) is 24.6 Å². The maximum absolute atomic E-state index is 12.1. The Morgan fingerprint density at radius 3 is 2.64 bits per heavy atom. The van der Waals surface area contributed by atoms with Crippen LogP contribution in [0.5, 0.6) is 0 Å². The number of pyridine rings is 1. The van der Waals surface area contributed by atoms with Crippen molar-refractivity contribution in [2.45, 2.75) is 32.3 Å². The molecule has 5 heteroatoms. The molecule has 22 heavy (non-hydrogen) atoms. The molecule has 1 aromatic carbocycles. The minimum atomic E-state index is -1.18. The van der Waals surface area contributed by atoms with Gasteiger partial charge in [0.2, 0.25) is 0 Å². The molecule has 1 aromatic heterocycles. The van der Waals surface area contributed by atoms with Crippen LogP contribution in [0.3, 0.4) is 0 Å². The van der Waals surface area contributed by atoms with E-state index in [1.165, 1.54) is 0 Å². The topological polar surface area (TPSA) is 48.4 Å². The Hall–Kier alpha value is -1.72. The Balaban J connectivity index is 2.08. The molecule has 0 radical (unpaired) electrons. The summed E-state index contributed by atoms with van der Waals surface area (Å²) in [7, 11) is 0.462. The number of benzene rings is 1. The predicted octanol–water partition coefficient (Wildman–Crippen LogP) is 3.88. The van der Waals surface area contributed by atoms with Gasteiger partial charge in [0.15, 0.2) is 0 Å². The normalized spacial score (nSPS) is 11.6. The lowest BCUT2D eigenvalue weighted by atomic mass is 10.1. The van der Waals surface area contributed by atoms with Crippen molar-refractivity contribution in [3.05, 3.63) is 41.6 Å². The highest BCUT2D eigenvalue weighted by molar-refractivity contribution is 6.76. The maximum Gasteiger partial charge on any atom is 0.338 e. The zero-order valence-electron chi connectivity index (χ0n) is 13.7. The molecule has 1 heterocycles. The van der Waals surface area contributed by atoms with E-state index in [9.17, 15) is 4.79 Å².